The Morgan fingerprint density at radius 3 is 2.67 bits per heavy atom. The van der Waals surface area contributed by atoms with Crippen LogP contribution >= 0.6 is 11.6 Å². The summed E-state index contributed by atoms with van der Waals surface area (Å²) in [5.74, 6) is 0.405. The molecule has 0 radical (unpaired) electrons. The lowest BCUT2D eigenvalue weighted by atomic mass is 10.2. The Kier molecular flexibility index (Phi) is 4.56. The minimum absolute atomic E-state index is 0.0603. The fourth-order valence-electron chi connectivity index (χ4n) is 2.17. The van der Waals surface area contributed by atoms with Crippen molar-refractivity contribution in [2.45, 2.75) is 51.9 Å². The molecule has 0 unspecified atom stereocenters. The summed E-state index contributed by atoms with van der Waals surface area (Å²) in [6.07, 6.45) is 3.19. The molecule has 1 aromatic rings. The summed E-state index contributed by atoms with van der Waals surface area (Å²) in [6, 6.07) is 0.0603. The van der Waals surface area contributed by atoms with Crippen LogP contribution in [-0.4, -0.2) is 45.3 Å². The Bertz CT molecular complexity index is 501. The first kappa shape index (κ1) is 15.8. The predicted molar refractivity (Wildman–Crippen MR) is 78.5 cm³/mol. The zero-order chi connectivity index (χ0) is 15.6. The van der Waals surface area contributed by atoms with Crippen molar-refractivity contribution in [1.82, 2.24) is 14.9 Å². The van der Waals surface area contributed by atoms with Gasteiger partial charge in [0, 0.05) is 12.5 Å². The standard InChI is InChI=1S/C14H20ClN3O3/c1-9-5-10(20-12-7-16-11(15)6-17-12)8-18(9)13(19)21-14(2,3)4/h6-7,9-10H,5,8H2,1-4H3/t9-,10+/m0/s1. The van der Waals surface area contributed by atoms with Gasteiger partial charge >= 0.3 is 6.09 Å². The van der Waals surface area contributed by atoms with Gasteiger partial charge in [0.15, 0.2) is 0 Å². The quantitative estimate of drug-likeness (QED) is 0.840. The molecule has 1 aliphatic rings. The SMILES string of the molecule is C[C@H]1C[C@@H](Oc2cnc(Cl)cn2)CN1C(=O)OC(C)(C)C. The van der Waals surface area contributed by atoms with Gasteiger partial charge in [0.2, 0.25) is 5.88 Å². The molecule has 0 N–H and O–H groups in total. The molecule has 0 spiro atoms. The molecule has 1 saturated heterocycles. The average molecular weight is 314 g/mol. The first-order valence-corrected chi connectivity index (χ1v) is 7.26. The molecule has 7 heteroatoms. The topological polar surface area (TPSA) is 64.6 Å². The normalized spacial score (nSPS) is 22.2. The van der Waals surface area contributed by atoms with E-state index in [1.165, 1.54) is 12.4 Å². The summed E-state index contributed by atoms with van der Waals surface area (Å²) >= 11 is 5.68. The monoisotopic (exact) mass is 313 g/mol. The summed E-state index contributed by atoms with van der Waals surface area (Å²) in [5, 5.41) is 0.317. The lowest BCUT2D eigenvalue weighted by Crippen LogP contribution is -2.39. The third-order valence-corrected chi connectivity index (χ3v) is 3.24. The number of ether oxygens (including phenoxy) is 2. The van der Waals surface area contributed by atoms with Crippen molar-refractivity contribution in [3.63, 3.8) is 0 Å². The maximum absolute atomic E-state index is 12.1. The minimum atomic E-state index is -0.503. The fraction of sp³-hybridized carbons (Fsp3) is 0.643. The molecule has 6 nitrogen and oxygen atoms in total. The van der Waals surface area contributed by atoms with Gasteiger partial charge in [-0.1, -0.05) is 11.6 Å². The molecular formula is C14H20ClN3O3. The van der Waals surface area contributed by atoms with E-state index in [9.17, 15) is 4.79 Å². The summed E-state index contributed by atoms with van der Waals surface area (Å²) in [4.78, 5) is 21.8. The highest BCUT2D eigenvalue weighted by Gasteiger charge is 2.36. The van der Waals surface area contributed by atoms with E-state index >= 15 is 0 Å². The molecule has 21 heavy (non-hydrogen) atoms. The third-order valence-electron chi connectivity index (χ3n) is 3.05. The van der Waals surface area contributed by atoms with E-state index < -0.39 is 5.60 Å². The van der Waals surface area contributed by atoms with Gasteiger partial charge in [-0.3, -0.25) is 0 Å². The Balaban J connectivity index is 1.94. The van der Waals surface area contributed by atoms with E-state index in [-0.39, 0.29) is 18.2 Å². The number of amides is 1. The van der Waals surface area contributed by atoms with Crippen LogP contribution in [0, 0.1) is 0 Å². The average Bonchev–Trinajstić information content (AvgIpc) is 2.71. The summed E-state index contributed by atoms with van der Waals surface area (Å²) in [7, 11) is 0. The largest absolute Gasteiger partial charge is 0.471 e. The molecular weight excluding hydrogens is 294 g/mol. The molecule has 1 aromatic heterocycles. The molecule has 0 bridgehead atoms. The van der Waals surface area contributed by atoms with E-state index in [1.807, 2.05) is 27.7 Å². The maximum atomic E-state index is 12.1. The van der Waals surface area contributed by atoms with Gasteiger partial charge in [-0.2, -0.15) is 0 Å². The zero-order valence-corrected chi connectivity index (χ0v) is 13.4. The summed E-state index contributed by atoms with van der Waals surface area (Å²) in [5.41, 5.74) is -0.503. The van der Waals surface area contributed by atoms with E-state index in [1.54, 1.807) is 4.90 Å². The van der Waals surface area contributed by atoms with E-state index in [0.29, 0.717) is 17.6 Å². The van der Waals surface area contributed by atoms with Crippen molar-refractivity contribution in [2.24, 2.45) is 0 Å². The van der Waals surface area contributed by atoms with Crippen LogP contribution in [0.2, 0.25) is 5.15 Å². The fourth-order valence-corrected chi connectivity index (χ4v) is 2.27. The molecule has 2 heterocycles. The van der Waals surface area contributed by atoms with Gasteiger partial charge in [0.05, 0.1) is 18.9 Å². The summed E-state index contributed by atoms with van der Waals surface area (Å²) < 4.78 is 11.1. The van der Waals surface area contributed by atoms with Crippen LogP contribution in [0.1, 0.15) is 34.1 Å². The van der Waals surface area contributed by atoms with Gasteiger partial charge in [0.1, 0.15) is 16.9 Å². The number of aromatic nitrogens is 2. The second kappa shape index (κ2) is 6.05. The van der Waals surface area contributed by atoms with Crippen molar-refractivity contribution in [3.8, 4) is 5.88 Å². The van der Waals surface area contributed by atoms with E-state index in [2.05, 4.69) is 9.97 Å². The predicted octanol–water partition coefficient (Wildman–Crippen LogP) is 2.91. The second-order valence-corrected chi connectivity index (χ2v) is 6.52. The highest BCUT2D eigenvalue weighted by atomic mass is 35.5. The van der Waals surface area contributed by atoms with Crippen LogP contribution in [-0.2, 0) is 4.74 Å². The lowest BCUT2D eigenvalue weighted by Gasteiger charge is -2.26. The molecule has 1 fully saturated rings. The Hall–Kier alpha value is -1.56. The van der Waals surface area contributed by atoms with Gasteiger partial charge in [0.25, 0.3) is 0 Å². The second-order valence-electron chi connectivity index (χ2n) is 6.13. The molecule has 0 saturated carbocycles. The molecule has 0 aliphatic carbocycles. The first-order valence-electron chi connectivity index (χ1n) is 6.88. The lowest BCUT2D eigenvalue weighted by molar-refractivity contribution is 0.0223. The number of hydrogen-bond acceptors (Lipinski definition) is 5. The van der Waals surface area contributed by atoms with Crippen molar-refractivity contribution >= 4 is 17.7 Å². The van der Waals surface area contributed by atoms with Crippen LogP contribution in [0.4, 0.5) is 4.79 Å². The smallest absolute Gasteiger partial charge is 0.410 e. The number of hydrogen-bond donors (Lipinski definition) is 0. The zero-order valence-electron chi connectivity index (χ0n) is 12.7. The van der Waals surface area contributed by atoms with Crippen LogP contribution in [0.15, 0.2) is 12.4 Å². The van der Waals surface area contributed by atoms with Crippen LogP contribution < -0.4 is 4.74 Å². The number of carbonyl (C=O) groups is 1. The number of likely N-dealkylation sites (tertiary alicyclic amines) is 1. The van der Waals surface area contributed by atoms with Crippen molar-refractivity contribution in [3.05, 3.63) is 17.5 Å². The number of rotatable bonds is 2. The summed E-state index contributed by atoms with van der Waals surface area (Å²) in [6.45, 7) is 8.00. The highest BCUT2D eigenvalue weighted by Crippen LogP contribution is 2.24. The van der Waals surface area contributed by atoms with Crippen molar-refractivity contribution in [1.29, 1.82) is 0 Å². The van der Waals surface area contributed by atoms with E-state index in [4.69, 9.17) is 21.1 Å². The Morgan fingerprint density at radius 1 is 1.38 bits per heavy atom. The van der Waals surface area contributed by atoms with Gasteiger partial charge in [-0.25, -0.2) is 14.8 Å². The van der Waals surface area contributed by atoms with Crippen molar-refractivity contribution in [2.75, 3.05) is 6.54 Å². The third kappa shape index (κ3) is 4.46. The molecule has 1 aliphatic heterocycles. The minimum Gasteiger partial charge on any atom is -0.471 e. The van der Waals surface area contributed by atoms with Gasteiger partial charge in [-0.15, -0.1) is 0 Å². The number of carbonyl (C=O) groups excluding carboxylic acids is 1. The van der Waals surface area contributed by atoms with Crippen molar-refractivity contribution < 1.29 is 14.3 Å². The Morgan fingerprint density at radius 2 is 2.10 bits per heavy atom. The molecule has 2 atom stereocenters. The molecule has 2 rings (SSSR count). The molecule has 116 valence electrons. The first-order chi connectivity index (χ1) is 9.74. The molecule has 1 amide bonds. The van der Waals surface area contributed by atoms with Crippen LogP contribution in [0.5, 0.6) is 5.88 Å². The Labute approximate surface area is 129 Å². The highest BCUT2D eigenvalue weighted by molar-refractivity contribution is 6.29. The van der Waals surface area contributed by atoms with E-state index in [0.717, 1.165) is 6.42 Å². The number of nitrogens with zero attached hydrogens (tertiary/aromatic N) is 3. The molecule has 0 aromatic carbocycles. The maximum Gasteiger partial charge on any atom is 0.410 e. The number of halogens is 1. The van der Waals surface area contributed by atoms with Gasteiger partial charge in [-0.05, 0) is 27.7 Å². The van der Waals surface area contributed by atoms with Crippen LogP contribution in [0.25, 0.3) is 0 Å². The van der Waals surface area contributed by atoms with Crippen LogP contribution in [0.3, 0.4) is 0 Å². The van der Waals surface area contributed by atoms with Gasteiger partial charge < -0.3 is 14.4 Å².